The van der Waals surface area contributed by atoms with Gasteiger partial charge in [0, 0.05) is 12.6 Å². The summed E-state index contributed by atoms with van der Waals surface area (Å²) in [7, 11) is 3.24. The molecule has 6 heteroatoms. The van der Waals surface area contributed by atoms with Crippen LogP contribution in [0.15, 0.2) is 18.2 Å². The molecule has 3 atom stereocenters. The van der Waals surface area contributed by atoms with E-state index in [1.165, 1.54) is 0 Å². The van der Waals surface area contributed by atoms with Gasteiger partial charge in [0.1, 0.15) is 6.61 Å². The zero-order valence-corrected chi connectivity index (χ0v) is 16.3. The fourth-order valence-electron chi connectivity index (χ4n) is 3.49. The molecule has 1 aromatic rings. The number of benzene rings is 1. The van der Waals surface area contributed by atoms with Crippen LogP contribution in [0, 0.1) is 5.92 Å². The van der Waals surface area contributed by atoms with E-state index in [2.05, 4.69) is 5.32 Å². The average Bonchev–Trinajstić information content (AvgIpc) is 2.61. The molecule has 26 heavy (non-hydrogen) atoms. The molecular weight excluding hydrogens is 332 g/mol. The molecule has 3 unspecified atom stereocenters. The Morgan fingerprint density at radius 1 is 1.31 bits per heavy atom. The number of ether oxygens (including phenoxy) is 3. The van der Waals surface area contributed by atoms with Gasteiger partial charge in [-0.15, -0.1) is 0 Å². The van der Waals surface area contributed by atoms with Gasteiger partial charge < -0.3 is 25.3 Å². The van der Waals surface area contributed by atoms with Gasteiger partial charge in [0.05, 0.1) is 25.7 Å². The highest BCUT2D eigenvalue weighted by Gasteiger charge is 2.38. The van der Waals surface area contributed by atoms with Crippen LogP contribution in [0.1, 0.15) is 51.1 Å². The van der Waals surface area contributed by atoms with Gasteiger partial charge in [-0.25, -0.2) is 0 Å². The highest BCUT2D eigenvalue weighted by molar-refractivity contribution is 5.80. The molecule has 3 N–H and O–H groups in total. The molecule has 146 valence electrons. The fraction of sp³-hybridized carbons (Fsp3) is 0.650. The van der Waals surface area contributed by atoms with Crippen LogP contribution in [0.25, 0.3) is 0 Å². The van der Waals surface area contributed by atoms with E-state index in [1.54, 1.807) is 14.2 Å². The second kappa shape index (κ2) is 9.24. The number of rotatable bonds is 8. The minimum absolute atomic E-state index is 0.0292. The lowest BCUT2D eigenvalue weighted by atomic mass is 9.74. The SMILES string of the molecule is COCCOc1ccc(C(C)NC(=O)C2CCCCC2(C)N)cc1OC. The Kier molecular flexibility index (Phi) is 7.29. The van der Waals surface area contributed by atoms with Crippen LogP contribution in [0.4, 0.5) is 0 Å². The number of hydrogen-bond acceptors (Lipinski definition) is 5. The van der Waals surface area contributed by atoms with Crippen molar-refractivity contribution in [2.24, 2.45) is 11.7 Å². The van der Waals surface area contributed by atoms with E-state index < -0.39 is 5.54 Å². The van der Waals surface area contributed by atoms with Crippen molar-refractivity contribution in [3.8, 4) is 11.5 Å². The van der Waals surface area contributed by atoms with Gasteiger partial charge in [0.15, 0.2) is 11.5 Å². The van der Waals surface area contributed by atoms with Gasteiger partial charge in [-0.1, -0.05) is 18.9 Å². The van der Waals surface area contributed by atoms with Crippen molar-refractivity contribution >= 4 is 5.91 Å². The van der Waals surface area contributed by atoms with E-state index in [0.29, 0.717) is 24.7 Å². The van der Waals surface area contributed by atoms with Gasteiger partial charge in [-0.3, -0.25) is 4.79 Å². The molecule has 0 spiro atoms. The molecule has 0 aliphatic heterocycles. The summed E-state index contributed by atoms with van der Waals surface area (Å²) in [5.74, 6) is 1.19. The van der Waals surface area contributed by atoms with Gasteiger partial charge in [-0.05, 0) is 44.4 Å². The largest absolute Gasteiger partial charge is 0.493 e. The Balaban J connectivity index is 2.04. The summed E-state index contributed by atoms with van der Waals surface area (Å²) in [5, 5.41) is 3.11. The highest BCUT2D eigenvalue weighted by Crippen LogP contribution is 2.33. The summed E-state index contributed by atoms with van der Waals surface area (Å²) < 4.78 is 16.1. The number of methoxy groups -OCH3 is 2. The molecule has 0 radical (unpaired) electrons. The Hall–Kier alpha value is -1.79. The number of carbonyl (C=O) groups excluding carboxylic acids is 1. The van der Waals surface area contributed by atoms with Crippen molar-refractivity contribution in [1.29, 1.82) is 0 Å². The van der Waals surface area contributed by atoms with E-state index in [4.69, 9.17) is 19.9 Å². The molecule has 1 fully saturated rings. The van der Waals surface area contributed by atoms with E-state index in [9.17, 15) is 4.79 Å². The van der Waals surface area contributed by atoms with Gasteiger partial charge >= 0.3 is 0 Å². The number of hydrogen-bond donors (Lipinski definition) is 2. The van der Waals surface area contributed by atoms with E-state index in [-0.39, 0.29) is 17.9 Å². The molecule has 1 aromatic carbocycles. The summed E-state index contributed by atoms with van der Waals surface area (Å²) in [6.07, 6.45) is 3.89. The number of nitrogens with one attached hydrogen (secondary N) is 1. The lowest BCUT2D eigenvalue weighted by Gasteiger charge is -2.37. The third-order valence-corrected chi connectivity index (χ3v) is 5.16. The lowest BCUT2D eigenvalue weighted by Crippen LogP contribution is -2.53. The maximum absolute atomic E-state index is 12.7. The summed E-state index contributed by atoms with van der Waals surface area (Å²) in [6, 6.07) is 5.57. The standard InChI is InChI=1S/C20H32N2O4/c1-14(22-19(23)16-7-5-6-10-20(16,2)21)15-8-9-17(18(13-15)25-4)26-12-11-24-3/h8-9,13-14,16H,5-7,10-12,21H2,1-4H3,(H,22,23). The Labute approximate surface area is 156 Å². The molecule has 0 aromatic heterocycles. The monoisotopic (exact) mass is 364 g/mol. The summed E-state index contributed by atoms with van der Waals surface area (Å²) in [4.78, 5) is 12.7. The van der Waals surface area contributed by atoms with Gasteiger partial charge in [0.25, 0.3) is 0 Å². The zero-order valence-electron chi connectivity index (χ0n) is 16.3. The van der Waals surface area contributed by atoms with E-state index in [0.717, 1.165) is 31.2 Å². The summed E-state index contributed by atoms with van der Waals surface area (Å²) >= 11 is 0. The summed E-state index contributed by atoms with van der Waals surface area (Å²) in [5.41, 5.74) is 6.88. The van der Waals surface area contributed by atoms with Crippen molar-refractivity contribution in [2.45, 2.75) is 51.1 Å². The molecular formula is C20H32N2O4. The Morgan fingerprint density at radius 3 is 2.73 bits per heavy atom. The molecule has 0 heterocycles. The maximum Gasteiger partial charge on any atom is 0.225 e. The van der Waals surface area contributed by atoms with Crippen molar-refractivity contribution in [2.75, 3.05) is 27.4 Å². The molecule has 1 aliphatic carbocycles. The van der Waals surface area contributed by atoms with Crippen LogP contribution in [-0.2, 0) is 9.53 Å². The molecule has 0 bridgehead atoms. The van der Waals surface area contributed by atoms with E-state index in [1.807, 2.05) is 32.0 Å². The Morgan fingerprint density at radius 2 is 2.08 bits per heavy atom. The number of nitrogens with two attached hydrogens (primary N) is 1. The van der Waals surface area contributed by atoms with Crippen LogP contribution in [0.5, 0.6) is 11.5 Å². The van der Waals surface area contributed by atoms with Crippen molar-refractivity contribution < 1.29 is 19.0 Å². The van der Waals surface area contributed by atoms with Crippen LogP contribution in [0.2, 0.25) is 0 Å². The van der Waals surface area contributed by atoms with E-state index >= 15 is 0 Å². The predicted molar refractivity (Wildman–Crippen MR) is 101 cm³/mol. The van der Waals surface area contributed by atoms with Gasteiger partial charge in [-0.2, -0.15) is 0 Å². The van der Waals surface area contributed by atoms with Crippen LogP contribution >= 0.6 is 0 Å². The Bertz CT molecular complexity index is 603. The topological polar surface area (TPSA) is 82.8 Å². The molecule has 2 rings (SSSR count). The first kappa shape index (κ1) is 20.5. The fourth-order valence-corrected chi connectivity index (χ4v) is 3.49. The van der Waals surface area contributed by atoms with Crippen molar-refractivity contribution in [3.63, 3.8) is 0 Å². The van der Waals surface area contributed by atoms with Crippen molar-refractivity contribution in [1.82, 2.24) is 5.32 Å². The minimum Gasteiger partial charge on any atom is -0.493 e. The predicted octanol–water partition coefficient (Wildman–Crippen LogP) is 2.81. The van der Waals surface area contributed by atoms with Crippen LogP contribution in [0.3, 0.4) is 0 Å². The normalized spacial score (nSPS) is 24.0. The molecule has 1 saturated carbocycles. The first-order chi connectivity index (χ1) is 12.4. The average molecular weight is 364 g/mol. The number of amides is 1. The smallest absolute Gasteiger partial charge is 0.225 e. The van der Waals surface area contributed by atoms with Crippen molar-refractivity contribution in [3.05, 3.63) is 23.8 Å². The second-order valence-corrected chi connectivity index (χ2v) is 7.29. The van der Waals surface area contributed by atoms with Crippen LogP contribution in [-0.4, -0.2) is 38.9 Å². The lowest BCUT2D eigenvalue weighted by molar-refractivity contribution is -0.128. The minimum atomic E-state index is -0.432. The third kappa shape index (κ3) is 5.11. The second-order valence-electron chi connectivity index (χ2n) is 7.29. The number of carbonyl (C=O) groups is 1. The molecule has 1 amide bonds. The summed E-state index contributed by atoms with van der Waals surface area (Å²) in [6.45, 7) is 4.91. The molecule has 1 aliphatic rings. The first-order valence-corrected chi connectivity index (χ1v) is 9.28. The quantitative estimate of drug-likeness (QED) is 0.693. The van der Waals surface area contributed by atoms with Crippen LogP contribution < -0.4 is 20.5 Å². The molecule has 0 saturated heterocycles. The third-order valence-electron chi connectivity index (χ3n) is 5.16. The zero-order chi connectivity index (χ0) is 19.2. The first-order valence-electron chi connectivity index (χ1n) is 9.28. The maximum atomic E-state index is 12.7. The van der Waals surface area contributed by atoms with Gasteiger partial charge in [0.2, 0.25) is 5.91 Å². The molecule has 6 nitrogen and oxygen atoms in total. The highest BCUT2D eigenvalue weighted by atomic mass is 16.5.